The topological polar surface area (TPSA) is 88.5 Å². The number of nitrogens with zero attached hydrogens (tertiary/aromatic N) is 4. The highest BCUT2D eigenvalue weighted by atomic mass is 16.1. The van der Waals surface area contributed by atoms with E-state index in [0.717, 1.165) is 23.0 Å². The van der Waals surface area contributed by atoms with Gasteiger partial charge in [0.2, 0.25) is 0 Å². The molecule has 4 rings (SSSR count). The summed E-state index contributed by atoms with van der Waals surface area (Å²) < 4.78 is 1.86. The number of aromatic nitrogens is 5. The van der Waals surface area contributed by atoms with Crippen molar-refractivity contribution in [3.05, 3.63) is 41.7 Å². The molecule has 0 saturated carbocycles. The third-order valence-corrected chi connectivity index (χ3v) is 4.68. The summed E-state index contributed by atoms with van der Waals surface area (Å²) in [5.74, 6) is -0.177. The van der Waals surface area contributed by atoms with E-state index in [1.165, 1.54) is 5.56 Å². The van der Waals surface area contributed by atoms with Gasteiger partial charge >= 0.3 is 0 Å². The minimum Gasteiger partial charge on any atom is -0.347 e. The van der Waals surface area contributed by atoms with Crippen molar-refractivity contribution < 1.29 is 4.79 Å². The van der Waals surface area contributed by atoms with Gasteiger partial charge in [-0.15, -0.1) is 0 Å². The van der Waals surface area contributed by atoms with Gasteiger partial charge in [-0.2, -0.15) is 5.10 Å². The molecule has 0 unspecified atom stereocenters. The van der Waals surface area contributed by atoms with Gasteiger partial charge in [0.25, 0.3) is 5.91 Å². The highest BCUT2D eigenvalue weighted by Crippen LogP contribution is 2.28. The Morgan fingerprint density at radius 1 is 1.29 bits per heavy atom. The molecule has 7 heteroatoms. The zero-order valence-corrected chi connectivity index (χ0v) is 16.8. The fraction of sp³-hybridized carbons (Fsp3) is 0.333. The summed E-state index contributed by atoms with van der Waals surface area (Å²) in [5, 5.41) is 8.65. The molecule has 1 amide bonds. The minimum absolute atomic E-state index is 0.177. The molecule has 0 saturated heterocycles. The summed E-state index contributed by atoms with van der Waals surface area (Å²) in [5.41, 5.74) is 4.99. The van der Waals surface area contributed by atoms with Crippen LogP contribution in [0.15, 0.2) is 30.6 Å². The van der Waals surface area contributed by atoms with Gasteiger partial charge in [-0.1, -0.05) is 19.1 Å². The number of fused-ring (bicyclic) bond motifs is 2. The number of nitrogens with one attached hydrogen (secondary N) is 2. The van der Waals surface area contributed by atoms with E-state index in [1.54, 1.807) is 12.4 Å². The summed E-state index contributed by atoms with van der Waals surface area (Å²) in [6.07, 6.45) is 4.32. The first-order valence-corrected chi connectivity index (χ1v) is 9.39. The van der Waals surface area contributed by atoms with Crippen molar-refractivity contribution >= 4 is 28.0 Å². The molecule has 3 heterocycles. The van der Waals surface area contributed by atoms with Crippen LogP contribution >= 0.6 is 0 Å². The average molecular weight is 376 g/mol. The average Bonchev–Trinajstić information content (AvgIpc) is 3.21. The van der Waals surface area contributed by atoms with E-state index in [4.69, 9.17) is 4.98 Å². The van der Waals surface area contributed by atoms with Crippen LogP contribution < -0.4 is 5.32 Å². The van der Waals surface area contributed by atoms with Crippen LogP contribution in [0.5, 0.6) is 0 Å². The molecule has 0 atom stereocenters. The lowest BCUT2D eigenvalue weighted by Crippen LogP contribution is -2.40. The summed E-state index contributed by atoms with van der Waals surface area (Å²) in [6, 6.07) is 6.33. The molecule has 1 aromatic carbocycles. The fourth-order valence-electron chi connectivity index (χ4n) is 3.30. The van der Waals surface area contributed by atoms with Crippen LogP contribution in [0.4, 0.5) is 0 Å². The second kappa shape index (κ2) is 6.44. The number of carbonyl (C=O) groups is 1. The van der Waals surface area contributed by atoms with Gasteiger partial charge in [0.15, 0.2) is 5.65 Å². The quantitative estimate of drug-likeness (QED) is 0.572. The lowest BCUT2D eigenvalue weighted by molar-refractivity contribution is 0.0921. The van der Waals surface area contributed by atoms with Crippen molar-refractivity contribution in [2.45, 2.75) is 39.7 Å². The molecule has 0 aliphatic carbocycles. The molecule has 28 heavy (non-hydrogen) atoms. The van der Waals surface area contributed by atoms with E-state index >= 15 is 0 Å². The number of hydrogen-bond acceptors (Lipinski definition) is 4. The number of rotatable bonds is 3. The van der Waals surface area contributed by atoms with Crippen molar-refractivity contribution in [1.29, 1.82) is 0 Å². The molecule has 3 aromatic heterocycles. The number of hydrogen-bond donors (Lipinski definition) is 2. The molecule has 0 spiro atoms. The Bertz CT molecular complexity index is 1200. The number of amides is 1. The van der Waals surface area contributed by atoms with Crippen molar-refractivity contribution in [1.82, 2.24) is 30.0 Å². The normalized spacial score (nSPS) is 12.0. The SMILES string of the molecule is CCc1ccc2c(-c3cnc4[nH]cc(C(=O)NC(C)(C)C)c4n3)nn(C)c2c1. The Balaban J connectivity index is 1.83. The Kier molecular flexibility index (Phi) is 4.18. The van der Waals surface area contributed by atoms with Crippen LogP contribution in [0.3, 0.4) is 0 Å². The van der Waals surface area contributed by atoms with E-state index in [1.807, 2.05) is 32.5 Å². The summed E-state index contributed by atoms with van der Waals surface area (Å²) in [4.78, 5) is 24.9. The Morgan fingerprint density at radius 3 is 2.79 bits per heavy atom. The smallest absolute Gasteiger partial charge is 0.255 e. The van der Waals surface area contributed by atoms with Crippen LogP contribution in [0.2, 0.25) is 0 Å². The zero-order valence-electron chi connectivity index (χ0n) is 16.8. The second-order valence-electron chi connectivity index (χ2n) is 8.04. The minimum atomic E-state index is -0.333. The lowest BCUT2D eigenvalue weighted by Gasteiger charge is -2.19. The van der Waals surface area contributed by atoms with Gasteiger partial charge in [-0.25, -0.2) is 9.97 Å². The van der Waals surface area contributed by atoms with Gasteiger partial charge in [0.1, 0.15) is 16.9 Å². The van der Waals surface area contributed by atoms with Crippen LogP contribution in [-0.2, 0) is 13.5 Å². The van der Waals surface area contributed by atoms with E-state index in [9.17, 15) is 4.79 Å². The summed E-state index contributed by atoms with van der Waals surface area (Å²) in [7, 11) is 1.93. The van der Waals surface area contributed by atoms with E-state index < -0.39 is 0 Å². The first-order chi connectivity index (χ1) is 13.3. The molecule has 0 fully saturated rings. The maximum Gasteiger partial charge on any atom is 0.255 e. The van der Waals surface area contributed by atoms with Crippen LogP contribution in [0.25, 0.3) is 33.5 Å². The predicted molar refractivity (Wildman–Crippen MR) is 110 cm³/mol. The Morgan fingerprint density at radius 2 is 2.07 bits per heavy atom. The van der Waals surface area contributed by atoms with Crippen LogP contribution in [0, 0.1) is 0 Å². The van der Waals surface area contributed by atoms with E-state index in [2.05, 4.69) is 45.5 Å². The maximum atomic E-state index is 12.7. The number of carbonyl (C=O) groups excluding carboxylic acids is 1. The van der Waals surface area contributed by atoms with Crippen molar-refractivity contribution in [3.63, 3.8) is 0 Å². The highest BCUT2D eigenvalue weighted by molar-refractivity contribution is 6.05. The lowest BCUT2D eigenvalue weighted by atomic mass is 10.1. The molecule has 4 aromatic rings. The largest absolute Gasteiger partial charge is 0.347 e. The summed E-state index contributed by atoms with van der Waals surface area (Å²) in [6.45, 7) is 7.97. The highest BCUT2D eigenvalue weighted by Gasteiger charge is 2.21. The first-order valence-electron chi connectivity index (χ1n) is 9.39. The van der Waals surface area contributed by atoms with Gasteiger partial charge in [0.05, 0.1) is 17.3 Å². The molecule has 0 radical (unpaired) electrons. The van der Waals surface area contributed by atoms with Gasteiger partial charge in [-0.05, 0) is 38.8 Å². The Hall–Kier alpha value is -3.22. The first kappa shape index (κ1) is 18.2. The van der Waals surface area contributed by atoms with Gasteiger partial charge < -0.3 is 10.3 Å². The molecule has 0 bridgehead atoms. The third-order valence-electron chi connectivity index (χ3n) is 4.68. The third kappa shape index (κ3) is 3.13. The number of aromatic amines is 1. The van der Waals surface area contributed by atoms with Crippen molar-refractivity contribution in [2.75, 3.05) is 0 Å². The monoisotopic (exact) mass is 376 g/mol. The van der Waals surface area contributed by atoms with Gasteiger partial charge in [0, 0.05) is 24.2 Å². The molecular weight excluding hydrogens is 352 g/mol. The molecule has 0 aliphatic rings. The number of aryl methyl sites for hydroxylation is 2. The standard InChI is InChI=1S/C21H24N6O/c1-6-12-7-8-13-16(9-12)27(5)26-17(13)15-11-23-19-18(24-15)14(10-22-19)20(28)25-21(2,3)4/h7-11H,6H2,1-5H3,(H,22,23)(H,25,28). The van der Waals surface area contributed by atoms with E-state index in [-0.39, 0.29) is 11.4 Å². The van der Waals surface area contributed by atoms with E-state index in [0.29, 0.717) is 22.4 Å². The molecule has 0 aliphatic heterocycles. The zero-order chi connectivity index (χ0) is 20.1. The molecule has 7 nitrogen and oxygen atoms in total. The number of H-pyrrole nitrogens is 1. The fourth-order valence-corrected chi connectivity index (χ4v) is 3.30. The Labute approximate surface area is 163 Å². The van der Waals surface area contributed by atoms with Gasteiger partial charge in [-0.3, -0.25) is 9.48 Å². The van der Waals surface area contributed by atoms with Crippen molar-refractivity contribution in [2.24, 2.45) is 7.05 Å². The van der Waals surface area contributed by atoms with Crippen molar-refractivity contribution in [3.8, 4) is 11.4 Å². The summed E-state index contributed by atoms with van der Waals surface area (Å²) >= 11 is 0. The number of benzene rings is 1. The van der Waals surface area contributed by atoms with Crippen LogP contribution in [-0.4, -0.2) is 36.2 Å². The second-order valence-corrected chi connectivity index (χ2v) is 8.04. The molecular formula is C21H24N6O. The molecule has 144 valence electrons. The predicted octanol–water partition coefficient (Wildman–Crippen LogP) is 3.60. The van der Waals surface area contributed by atoms with Crippen LogP contribution in [0.1, 0.15) is 43.6 Å². The molecule has 2 N–H and O–H groups in total. The maximum absolute atomic E-state index is 12.7.